The Hall–Kier alpha value is -1.42. The first kappa shape index (κ1) is 11.1. The third-order valence-corrected chi connectivity index (χ3v) is 2.64. The topological polar surface area (TPSA) is 54.9 Å². The van der Waals surface area contributed by atoms with Crippen LogP contribution in [-0.2, 0) is 4.79 Å². The highest BCUT2D eigenvalue weighted by Crippen LogP contribution is 2.20. The van der Waals surface area contributed by atoms with Crippen molar-refractivity contribution in [3.8, 4) is 0 Å². The number of amides is 1. The lowest BCUT2D eigenvalue weighted by Crippen LogP contribution is -2.16. The number of halogens is 1. The van der Waals surface area contributed by atoms with Gasteiger partial charge >= 0.3 is 0 Å². The number of hydrogen-bond donors (Lipinski definition) is 1. The second kappa shape index (κ2) is 5.07. The van der Waals surface area contributed by atoms with Crippen LogP contribution in [0.1, 0.15) is 19.3 Å². The van der Waals surface area contributed by atoms with Crippen molar-refractivity contribution in [3.63, 3.8) is 0 Å². The van der Waals surface area contributed by atoms with E-state index in [9.17, 15) is 4.79 Å². The molecule has 0 aromatic carbocycles. The molecule has 1 amide bonds. The Morgan fingerprint density at radius 3 is 3.19 bits per heavy atom. The maximum absolute atomic E-state index is 11.6. The molecule has 1 aromatic heterocycles. The fourth-order valence-corrected chi connectivity index (χ4v) is 1.81. The highest BCUT2D eigenvalue weighted by molar-refractivity contribution is 6.29. The van der Waals surface area contributed by atoms with Gasteiger partial charge in [0.15, 0.2) is 0 Å². The van der Waals surface area contributed by atoms with Crippen molar-refractivity contribution >= 4 is 23.5 Å². The number of carbonyl (C=O) groups excluding carboxylic acids is 1. The molecule has 1 aliphatic carbocycles. The van der Waals surface area contributed by atoms with E-state index in [2.05, 4.69) is 27.4 Å². The standard InChI is InChI=1S/C11H12ClN3O/c12-9-5-6-13-11(14-9)15-10(16)7-8-3-1-2-4-8/h1,3,5-6,8H,2,4,7H2,(H,13,14,15,16). The van der Waals surface area contributed by atoms with Crippen LogP contribution in [0.4, 0.5) is 5.95 Å². The number of carbonyl (C=O) groups is 1. The molecule has 2 rings (SSSR count). The average Bonchev–Trinajstić information content (AvgIpc) is 2.70. The SMILES string of the molecule is O=C(CC1C=CCC1)Nc1nccc(Cl)n1. The molecular weight excluding hydrogens is 226 g/mol. The summed E-state index contributed by atoms with van der Waals surface area (Å²) < 4.78 is 0. The van der Waals surface area contributed by atoms with Gasteiger partial charge in [-0.05, 0) is 24.8 Å². The van der Waals surface area contributed by atoms with E-state index in [4.69, 9.17) is 11.6 Å². The van der Waals surface area contributed by atoms with Gasteiger partial charge in [0.1, 0.15) is 5.15 Å². The lowest BCUT2D eigenvalue weighted by Gasteiger charge is -2.07. The molecule has 5 heteroatoms. The van der Waals surface area contributed by atoms with Crippen LogP contribution in [0.2, 0.25) is 5.15 Å². The minimum atomic E-state index is -0.0705. The maximum Gasteiger partial charge on any atom is 0.230 e. The Morgan fingerprint density at radius 1 is 1.62 bits per heavy atom. The van der Waals surface area contributed by atoms with E-state index in [-0.39, 0.29) is 11.9 Å². The van der Waals surface area contributed by atoms with Crippen molar-refractivity contribution in [1.29, 1.82) is 0 Å². The van der Waals surface area contributed by atoms with Crippen LogP contribution in [-0.4, -0.2) is 15.9 Å². The van der Waals surface area contributed by atoms with Crippen molar-refractivity contribution in [2.24, 2.45) is 5.92 Å². The first-order valence-electron chi connectivity index (χ1n) is 5.19. The van der Waals surface area contributed by atoms with E-state index in [1.165, 1.54) is 6.20 Å². The highest BCUT2D eigenvalue weighted by Gasteiger charge is 2.14. The third-order valence-electron chi connectivity index (χ3n) is 2.43. The number of allylic oxidation sites excluding steroid dienone is 2. The molecule has 1 unspecified atom stereocenters. The van der Waals surface area contributed by atoms with Gasteiger partial charge in [-0.2, -0.15) is 0 Å². The monoisotopic (exact) mass is 237 g/mol. The summed E-state index contributed by atoms with van der Waals surface area (Å²) in [5, 5.41) is 2.96. The van der Waals surface area contributed by atoms with Crippen LogP contribution in [0.25, 0.3) is 0 Å². The predicted molar refractivity (Wildman–Crippen MR) is 62.2 cm³/mol. The van der Waals surface area contributed by atoms with Crippen molar-refractivity contribution in [3.05, 3.63) is 29.6 Å². The van der Waals surface area contributed by atoms with Gasteiger partial charge in [0.05, 0.1) is 0 Å². The largest absolute Gasteiger partial charge is 0.294 e. The number of rotatable bonds is 3. The minimum Gasteiger partial charge on any atom is -0.294 e. The quantitative estimate of drug-likeness (QED) is 0.649. The summed E-state index contributed by atoms with van der Waals surface area (Å²) in [4.78, 5) is 19.4. The molecule has 1 N–H and O–H groups in total. The van der Waals surface area contributed by atoms with Crippen molar-refractivity contribution < 1.29 is 4.79 Å². The third kappa shape index (κ3) is 3.03. The predicted octanol–water partition coefficient (Wildman–Crippen LogP) is 2.42. The number of aromatic nitrogens is 2. The second-order valence-electron chi connectivity index (χ2n) is 3.72. The molecule has 0 radical (unpaired) electrons. The van der Waals surface area contributed by atoms with Gasteiger partial charge < -0.3 is 0 Å². The van der Waals surface area contributed by atoms with Gasteiger partial charge in [-0.3, -0.25) is 10.1 Å². The van der Waals surface area contributed by atoms with E-state index < -0.39 is 0 Å². The Kier molecular flexibility index (Phi) is 3.51. The molecule has 0 spiro atoms. The van der Waals surface area contributed by atoms with Crippen LogP contribution in [0.5, 0.6) is 0 Å². The molecule has 1 aliphatic rings. The molecular formula is C11H12ClN3O. The summed E-state index contributed by atoms with van der Waals surface area (Å²) in [5.74, 6) is 0.539. The normalized spacial score (nSPS) is 18.7. The molecule has 84 valence electrons. The molecule has 1 aromatic rings. The summed E-state index contributed by atoms with van der Waals surface area (Å²) in [5.41, 5.74) is 0. The Labute approximate surface area is 98.7 Å². The van der Waals surface area contributed by atoms with Gasteiger partial charge in [0, 0.05) is 12.6 Å². The van der Waals surface area contributed by atoms with Gasteiger partial charge in [0.25, 0.3) is 0 Å². The van der Waals surface area contributed by atoms with Crippen molar-refractivity contribution in [1.82, 2.24) is 9.97 Å². The lowest BCUT2D eigenvalue weighted by atomic mass is 10.1. The summed E-state index contributed by atoms with van der Waals surface area (Å²) in [6.07, 6.45) is 8.29. The zero-order valence-electron chi connectivity index (χ0n) is 8.69. The Bertz CT molecular complexity index is 419. The molecule has 0 saturated carbocycles. The van der Waals surface area contributed by atoms with E-state index in [0.717, 1.165) is 12.8 Å². The van der Waals surface area contributed by atoms with Crippen LogP contribution >= 0.6 is 11.6 Å². The van der Waals surface area contributed by atoms with Gasteiger partial charge in [-0.1, -0.05) is 23.8 Å². The minimum absolute atomic E-state index is 0.0705. The van der Waals surface area contributed by atoms with E-state index >= 15 is 0 Å². The Balaban J connectivity index is 1.89. The number of anilines is 1. The number of nitrogens with one attached hydrogen (secondary N) is 1. The van der Waals surface area contributed by atoms with E-state index in [0.29, 0.717) is 17.5 Å². The molecule has 16 heavy (non-hydrogen) atoms. The molecule has 0 saturated heterocycles. The maximum atomic E-state index is 11.6. The molecule has 4 nitrogen and oxygen atoms in total. The first-order valence-corrected chi connectivity index (χ1v) is 5.57. The number of nitrogens with zero attached hydrogens (tertiary/aromatic N) is 2. The first-order chi connectivity index (χ1) is 7.74. The van der Waals surface area contributed by atoms with Gasteiger partial charge in [0.2, 0.25) is 11.9 Å². The molecule has 1 heterocycles. The zero-order chi connectivity index (χ0) is 11.4. The van der Waals surface area contributed by atoms with Crippen LogP contribution in [0.3, 0.4) is 0 Å². The molecule has 0 fully saturated rings. The van der Waals surface area contributed by atoms with Gasteiger partial charge in [-0.25, -0.2) is 9.97 Å². The number of hydrogen-bond acceptors (Lipinski definition) is 3. The zero-order valence-corrected chi connectivity index (χ0v) is 9.44. The smallest absolute Gasteiger partial charge is 0.230 e. The van der Waals surface area contributed by atoms with E-state index in [1.807, 2.05) is 0 Å². The summed E-state index contributed by atoms with van der Waals surface area (Å²) in [6.45, 7) is 0. The summed E-state index contributed by atoms with van der Waals surface area (Å²) >= 11 is 5.69. The van der Waals surface area contributed by atoms with Crippen LogP contribution in [0.15, 0.2) is 24.4 Å². The highest BCUT2D eigenvalue weighted by atomic mass is 35.5. The van der Waals surface area contributed by atoms with Crippen LogP contribution in [0, 0.1) is 5.92 Å². The summed E-state index contributed by atoms with van der Waals surface area (Å²) in [7, 11) is 0. The van der Waals surface area contributed by atoms with Crippen molar-refractivity contribution in [2.45, 2.75) is 19.3 Å². The fraction of sp³-hybridized carbons (Fsp3) is 0.364. The second-order valence-corrected chi connectivity index (χ2v) is 4.11. The average molecular weight is 238 g/mol. The fourth-order valence-electron chi connectivity index (χ4n) is 1.68. The molecule has 0 bridgehead atoms. The molecule has 1 atom stereocenters. The summed E-state index contributed by atoms with van der Waals surface area (Å²) in [6, 6.07) is 1.57. The van der Waals surface area contributed by atoms with Gasteiger partial charge in [-0.15, -0.1) is 0 Å². The van der Waals surface area contributed by atoms with Crippen molar-refractivity contribution in [2.75, 3.05) is 5.32 Å². The molecule has 0 aliphatic heterocycles. The Morgan fingerprint density at radius 2 is 2.50 bits per heavy atom. The lowest BCUT2D eigenvalue weighted by molar-refractivity contribution is -0.116. The van der Waals surface area contributed by atoms with E-state index in [1.54, 1.807) is 6.07 Å². The van der Waals surface area contributed by atoms with Crippen LogP contribution < -0.4 is 5.32 Å².